The topological polar surface area (TPSA) is 107 Å². The summed E-state index contributed by atoms with van der Waals surface area (Å²) in [6.07, 6.45) is 5.60. The van der Waals surface area contributed by atoms with Crippen molar-refractivity contribution in [3.63, 3.8) is 0 Å². The first-order chi connectivity index (χ1) is 15.2. The molecule has 0 saturated carbocycles. The first-order valence-corrected chi connectivity index (χ1v) is 10.6. The van der Waals surface area contributed by atoms with Gasteiger partial charge in [-0.2, -0.15) is 0 Å². The van der Waals surface area contributed by atoms with Crippen molar-refractivity contribution >= 4 is 49.5 Å². The summed E-state index contributed by atoms with van der Waals surface area (Å²) in [5, 5.41) is 20.3. The molecule has 0 amide bonds. The second-order valence-electron chi connectivity index (χ2n) is 7.01. The molecule has 0 bridgehead atoms. The molecule has 0 atom stereocenters. The van der Waals surface area contributed by atoms with Gasteiger partial charge in [0.15, 0.2) is 16.9 Å². The van der Waals surface area contributed by atoms with Crippen LogP contribution in [0.25, 0.3) is 22.1 Å². The maximum absolute atomic E-state index is 10.8. The van der Waals surface area contributed by atoms with E-state index in [2.05, 4.69) is 48.0 Å². The summed E-state index contributed by atoms with van der Waals surface area (Å²) in [6, 6.07) is 9.54. The van der Waals surface area contributed by atoms with E-state index in [9.17, 15) is 5.11 Å². The number of nitrogens with zero attached hydrogens (tertiary/aromatic N) is 7. The zero-order valence-corrected chi connectivity index (χ0v) is 18.2. The van der Waals surface area contributed by atoms with Crippen LogP contribution in [-0.2, 0) is 13.1 Å². The molecular weight excluding hydrogens is 462 g/mol. The van der Waals surface area contributed by atoms with Crippen molar-refractivity contribution < 1.29 is 9.52 Å². The lowest BCUT2D eigenvalue weighted by molar-refractivity contribution is 0.421. The first-order valence-electron chi connectivity index (χ1n) is 9.76. The van der Waals surface area contributed by atoms with Crippen molar-refractivity contribution in [2.45, 2.75) is 26.4 Å². The van der Waals surface area contributed by atoms with E-state index < -0.39 is 0 Å². The van der Waals surface area contributed by atoms with Gasteiger partial charge in [-0.1, -0.05) is 22.9 Å². The number of aryl methyl sites for hydroxylation is 1. The van der Waals surface area contributed by atoms with Gasteiger partial charge >= 0.3 is 0 Å². The zero-order chi connectivity index (χ0) is 21.4. The van der Waals surface area contributed by atoms with Crippen molar-refractivity contribution in [3.8, 4) is 5.88 Å². The van der Waals surface area contributed by atoms with Gasteiger partial charge in [0, 0.05) is 16.4 Å². The van der Waals surface area contributed by atoms with Crippen molar-refractivity contribution in [3.05, 3.63) is 59.5 Å². The Labute approximate surface area is 185 Å². The number of aromatic hydroxyl groups is 1. The lowest BCUT2D eigenvalue weighted by atomic mass is 10.2. The number of hydrogen-bond donors (Lipinski definition) is 1. The van der Waals surface area contributed by atoms with Gasteiger partial charge in [-0.15, -0.1) is 10.2 Å². The molecule has 0 fully saturated rings. The van der Waals surface area contributed by atoms with E-state index in [1.54, 1.807) is 12.6 Å². The fourth-order valence-electron chi connectivity index (χ4n) is 3.57. The molecule has 5 aromatic rings. The SMILES string of the molecule is CCCn1c(O)c(N=Nc2ncnc3c2ncn3Cc2ccco2)c2cc(Br)ccc21. The van der Waals surface area contributed by atoms with Crippen LogP contribution in [0.2, 0.25) is 0 Å². The summed E-state index contributed by atoms with van der Waals surface area (Å²) in [5.41, 5.74) is 2.44. The van der Waals surface area contributed by atoms with E-state index in [1.807, 2.05) is 39.5 Å². The number of aromatic nitrogens is 5. The zero-order valence-electron chi connectivity index (χ0n) is 16.6. The number of benzene rings is 1. The van der Waals surface area contributed by atoms with E-state index in [0.29, 0.717) is 35.8 Å². The smallest absolute Gasteiger partial charge is 0.220 e. The number of azo groups is 1. The van der Waals surface area contributed by atoms with Gasteiger partial charge in [0.25, 0.3) is 0 Å². The highest BCUT2D eigenvalue weighted by molar-refractivity contribution is 9.10. The van der Waals surface area contributed by atoms with E-state index in [1.165, 1.54) is 6.33 Å². The minimum atomic E-state index is 0.0762. The Bertz CT molecular complexity index is 1400. The monoisotopic (exact) mass is 479 g/mol. The summed E-state index contributed by atoms with van der Waals surface area (Å²) in [7, 11) is 0. The molecule has 31 heavy (non-hydrogen) atoms. The third-order valence-electron chi connectivity index (χ3n) is 4.95. The Hall–Kier alpha value is -3.53. The predicted octanol–water partition coefficient (Wildman–Crippen LogP) is 5.72. The summed E-state index contributed by atoms with van der Waals surface area (Å²) in [5.74, 6) is 1.20. The molecule has 4 aromatic heterocycles. The van der Waals surface area contributed by atoms with Crippen molar-refractivity contribution in [2.24, 2.45) is 10.2 Å². The van der Waals surface area contributed by atoms with Crippen LogP contribution in [0.1, 0.15) is 19.1 Å². The fraction of sp³-hybridized carbons (Fsp3) is 0.190. The molecule has 1 aromatic carbocycles. The van der Waals surface area contributed by atoms with Crippen molar-refractivity contribution in [2.75, 3.05) is 0 Å². The second-order valence-corrected chi connectivity index (χ2v) is 7.92. The molecule has 0 unspecified atom stereocenters. The number of halogens is 1. The molecule has 1 N–H and O–H groups in total. The molecule has 0 radical (unpaired) electrons. The minimum absolute atomic E-state index is 0.0762. The van der Waals surface area contributed by atoms with Gasteiger partial charge in [-0.3, -0.25) is 0 Å². The highest BCUT2D eigenvalue weighted by Crippen LogP contribution is 2.41. The standard InChI is InChI=1S/C21H18BrN7O2/c1-2-7-29-16-6-5-13(22)9-15(16)17(21(29)30)26-27-19-18-20(24-11-23-19)28(12-25-18)10-14-4-3-8-31-14/h3-6,8-9,11-12,30H,2,7,10H2,1H3. The number of imidazole rings is 1. The van der Waals surface area contributed by atoms with E-state index >= 15 is 0 Å². The van der Waals surface area contributed by atoms with Gasteiger partial charge in [-0.05, 0) is 36.8 Å². The quantitative estimate of drug-likeness (QED) is 0.313. The Morgan fingerprint density at radius 2 is 2.06 bits per heavy atom. The number of furan rings is 1. The average Bonchev–Trinajstić information content (AvgIpc) is 3.48. The normalized spacial score (nSPS) is 11.9. The summed E-state index contributed by atoms with van der Waals surface area (Å²) >= 11 is 3.49. The lowest BCUT2D eigenvalue weighted by Crippen LogP contribution is -1.98. The highest BCUT2D eigenvalue weighted by Gasteiger charge is 2.17. The van der Waals surface area contributed by atoms with Gasteiger partial charge in [0.05, 0.1) is 24.7 Å². The van der Waals surface area contributed by atoms with Gasteiger partial charge in [0.1, 0.15) is 12.1 Å². The second kappa shape index (κ2) is 7.95. The van der Waals surface area contributed by atoms with Crippen LogP contribution >= 0.6 is 15.9 Å². The fourth-order valence-corrected chi connectivity index (χ4v) is 3.93. The van der Waals surface area contributed by atoms with Gasteiger partial charge in [-0.25, -0.2) is 15.0 Å². The molecule has 0 saturated heterocycles. The Kier molecular flexibility index (Phi) is 4.99. The third-order valence-corrected chi connectivity index (χ3v) is 5.45. The molecule has 0 aliphatic heterocycles. The summed E-state index contributed by atoms with van der Waals surface area (Å²) in [4.78, 5) is 13.0. The van der Waals surface area contributed by atoms with E-state index in [0.717, 1.165) is 27.6 Å². The van der Waals surface area contributed by atoms with Crippen LogP contribution in [0.4, 0.5) is 11.5 Å². The highest BCUT2D eigenvalue weighted by atomic mass is 79.9. The van der Waals surface area contributed by atoms with Crippen LogP contribution < -0.4 is 0 Å². The lowest BCUT2D eigenvalue weighted by Gasteiger charge is -2.03. The molecular formula is C21H18BrN7O2. The maximum Gasteiger partial charge on any atom is 0.220 e. The van der Waals surface area contributed by atoms with Crippen molar-refractivity contribution in [1.29, 1.82) is 0 Å². The van der Waals surface area contributed by atoms with Crippen LogP contribution in [-0.4, -0.2) is 29.2 Å². The first kappa shape index (κ1) is 19.4. The van der Waals surface area contributed by atoms with Crippen LogP contribution in [0.3, 0.4) is 0 Å². The Morgan fingerprint density at radius 1 is 1.16 bits per heavy atom. The van der Waals surface area contributed by atoms with Crippen molar-refractivity contribution in [1.82, 2.24) is 24.1 Å². The molecule has 0 spiro atoms. The molecule has 10 heteroatoms. The summed E-state index contributed by atoms with van der Waals surface area (Å²) < 4.78 is 10.00. The number of hydrogen-bond acceptors (Lipinski definition) is 7. The molecule has 4 heterocycles. The largest absolute Gasteiger partial charge is 0.493 e. The van der Waals surface area contributed by atoms with Crippen LogP contribution in [0, 0.1) is 0 Å². The van der Waals surface area contributed by atoms with Crippen LogP contribution in [0.5, 0.6) is 5.88 Å². The minimum Gasteiger partial charge on any atom is -0.493 e. The summed E-state index contributed by atoms with van der Waals surface area (Å²) in [6.45, 7) is 3.23. The molecule has 0 aliphatic rings. The van der Waals surface area contributed by atoms with E-state index in [-0.39, 0.29) is 5.88 Å². The number of fused-ring (bicyclic) bond motifs is 2. The third kappa shape index (κ3) is 3.48. The van der Waals surface area contributed by atoms with E-state index in [4.69, 9.17) is 4.42 Å². The molecule has 0 aliphatic carbocycles. The Balaban J connectivity index is 1.57. The average molecular weight is 480 g/mol. The van der Waals surface area contributed by atoms with Gasteiger partial charge < -0.3 is 18.7 Å². The molecule has 5 rings (SSSR count). The number of rotatable bonds is 6. The predicted molar refractivity (Wildman–Crippen MR) is 119 cm³/mol. The van der Waals surface area contributed by atoms with Gasteiger partial charge in [0.2, 0.25) is 11.7 Å². The Morgan fingerprint density at radius 3 is 2.87 bits per heavy atom. The van der Waals surface area contributed by atoms with Crippen LogP contribution in [0.15, 0.2) is 68.4 Å². The maximum atomic E-state index is 10.8. The molecule has 9 nitrogen and oxygen atoms in total. The molecule has 156 valence electrons.